The van der Waals surface area contributed by atoms with Gasteiger partial charge < -0.3 is 4.90 Å². The summed E-state index contributed by atoms with van der Waals surface area (Å²) in [6.07, 6.45) is 2.93. The number of aromatic nitrogens is 2. The average molecular weight is 240 g/mol. The summed E-state index contributed by atoms with van der Waals surface area (Å²) in [5, 5.41) is 0.361. The van der Waals surface area contributed by atoms with E-state index in [-0.39, 0.29) is 0 Å². The van der Waals surface area contributed by atoms with Gasteiger partial charge in [-0.15, -0.1) is 0 Å². The van der Waals surface area contributed by atoms with Gasteiger partial charge in [-0.05, 0) is 36.6 Å². The number of nitrogens with zero attached hydrogens (tertiary/aromatic N) is 3. The van der Waals surface area contributed by atoms with Crippen molar-refractivity contribution in [1.82, 2.24) is 14.9 Å². The van der Waals surface area contributed by atoms with Crippen LogP contribution >= 0.6 is 11.6 Å². The standard InChI is InChI=1S/C12H18ClN3/c1-9(2)7-16-6-4-10(8-16)11-3-5-14-12(13)15-11/h3,5,9-10H,4,6-8H2,1-2H3. The average Bonchev–Trinajstić information content (AvgIpc) is 2.65. The number of hydrogen-bond acceptors (Lipinski definition) is 3. The molecule has 0 N–H and O–H groups in total. The van der Waals surface area contributed by atoms with Crippen LogP contribution in [0.3, 0.4) is 0 Å². The van der Waals surface area contributed by atoms with E-state index in [9.17, 15) is 0 Å². The first-order chi connectivity index (χ1) is 7.65. The zero-order chi connectivity index (χ0) is 11.5. The highest BCUT2D eigenvalue weighted by Crippen LogP contribution is 2.26. The molecule has 88 valence electrons. The molecule has 3 nitrogen and oxygen atoms in total. The Morgan fingerprint density at radius 2 is 2.38 bits per heavy atom. The summed E-state index contributed by atoms with van der Waals surface area (Å²) >= 11 is 5.81. The summed E-state index contributed by atoms with van der Waals surface area (Å²) in [5.74, 6) is 1.26. The highest BCUT2D eigenvalue weighted by Gasteiger charge is 2.25. The normalized spacial score (nSPS) is 21.9. The van der Waals surface area contributed by atoms with Crippen molar-refractivity contribution >= 4 is 11.6 Å². The van der Waals surface area contributed by atoms with E-state index >= 15 is 0 Å². The number of halogens is 1. The Hall–Kier alpha value is -0.670. The number of hydrogen-bond donors (Lipinski definition) is 0. The molecule has 1 atom stereocenters. The summed E-state index contributed by atoms with van der Waals surface area (Å²) in [7, 11) is 0. The monoisotopic (exact) mass is 239 g/mol. The van der Waals surface area contributed by atoms with Gasteiger partial charge in [0.15, 0.2) is 0 Å². The molecule has 1 aromatic rings. The molecule has 0 aromatic carbocycles. The van der Waals surface area contributed by atoms with Crippen LogP contribution in [0, 0.1) is 5.92 Å². The molecular weight excluding hydrogens is 222 g/mol. The van der Waals surface area contributed by atoms with Crippen LogP contribution < -0.4 is 0 Å². The Labute approximate surface area is 102 Å². The second kappa shape index (κ2) is 5.11. The van der Waals surface area contributed by atoms with Crippen LogP contribution in [0.1, 0.15) is 31.9 Å². The lowest BCUT2D eigenvalue weighted by molar-refractivity contribution is 0.294. The zero-order valence-corrected chi connectivity index (χ0v) is 10.6. The van der Waals surface area contributed by atoms with Crippen molar-refractivity contribution in [3.8, 4) is 0 Å². The third-order valence-electron chi connectivity index (χ3n) is 2.96. The lowest BCUT2D eigenvalue weighted by atomic mass is 10.1. The lowest BCUT2D eigenvalue weighted by Gasteiger charge is -2.17. The van der Waals surface area contributed by atoms with Crippen molar-refractivity contribution in [2.45, 2.75) is 26.2 Å². The van der Waals surface area contributed by atoms with Crippen LogP contribution in [0.2, 0.25) is 5.28 Å². The minimum atomic E-state index is 0.361. The van der Waals surface area contributed by atoms with Crippen LogP contribution in [-0.4, -0.2) is 34.5 Å². The van der Waals surface area contributed by atoms with Gasteiger partial charge in [0.1, 0.15) is 0 Å². The van der Waals surface area contributed by atoms with Gasteiger partial charge >= 0.3 is 0 Å². The minimum Gasteiger partial charge on any atom is -0.302 e. The summed E-state index contributed by atoms with van der Waals surface area (Å²) in [6.45, 7) is 7.97. The van der Waals surface area contributed by atoms with E-state index in [0.717, 1.165) is 18.2 Å². The fourth-order valence-corrected chi connectivity index (χ4v) is 2.49. The maximum Gasteiger partial charge on any atom is 0.222 e. The smallest absolute Gasteiger partial charge is 0.222 e. The molecule has 0 aliphatic carbocycles. The maximum atomic E-state index is 5.81. The molecule has 0 spiro atoms. The van der Waals surface area contributed by atoms with E-state index in [1.54, 1.807) is 6.20 Å². The van der Waals surface area contributed by atoms with Gasteiger partial charge in [0.05, 0.1) is 0 Å². The summed E-state index contributed by atoms with van der Waals surface area (Å²) in [4.78, 5) is 10.7. The number of rotatable bonds is 3. The molecule has 16 heavy (non-hydrogen) atoms. The molecule has 1 fully saturated rings. The molecule has 1 unspecified atom stereocenters. The zero-order valence-electron chi connectivity index (χ0n) is 9.86. The molecule has 1 aliphatic rings. The molecule has 2 rings (SSSR count). The summed E-state index contributed by atoms with van der Waals surface area (Å²) < 4.78 is 0. The Kier molecular flexibility index (Phi) is 3.77. The highest BCUT2D eigenvalue weighted by atomic mass is 35.5. The Morgan fingerprint density at radius 1 is 1.56 bits per heavy atom. The predicted molar refractivity (Wildman–Crippen MR) is 65.7 cm³/mol. The first-order valence-electron chi connectivity index (χ1n) is 5.86. The van der Waals surface area contributed by atoms with Gasteiger partial charge in [-0.25, -0.2) is 9.97 Å². The molecule has 0 radical (unpaired) electrons. The van der Waals surface area contributed by atoms with E-state index in [1.165, 1.54) is 19.5 Å². The van der Waals surface area contributed by atoms with E-state index in [1.807, 2.05) is 6.07 Å². The predicted octanol–water partition coefficient (Wildman–Crippen LogP) is 2.58. The number of likely N-dealkylation sites (tertiary alicyclic amines) is 1. The minimum absolute atomic E-state index is 0.361. The molecule has 1 aromatic heterocycles. The molecule has 0 bridgehead atoms. The molecule has 2 heterocycles. The second-order valence-electron chi connectivity index (χ2n) is 4.89. The van der Waals surface area contributed by atoms with Gasteiger partial charge in [-0.2, -0.15) is 0 Å². The van der Waals surface area contributed by atoms with Crippen LogP contribution in [0.15, 0.2) is 12.3 Å². The SMILES string of the molecule is CC(C)CN1CCC(c2ccnc(Cl)n2)C1. The first-order valence-corrected chi connectivity index (χ1v) is 6.23. The Morgan fingerprint density at radius 3 is 3.06 bits per heavy atom. The van der Waals surface area contributed by atoms with Crippen molar-refractivity contribution in [1.29, 1.82) is 0 Å². The van der Waals surface area contributed by atoms with E-state index in [0.29, 0.717) is 11.2 Å². The summed E-state index contributed by atoms with van der Waals surface area (Å²) in [6, 6.07) is 1.98. The molecule has 1 saturated heterocycles. The highest BCUT2D eigenvalue weighted by molar-refractivity contribution is 6.28. The third kappa shape index (κ3) is 2.92. The molecule has 4 heteroatoms. The third-order valence-corrected chi connectivity index (χ3v) is 3.14. The van der Waals surface area contributed by atoms with Crippen LogP contribution in [0.25, 0.3) is 0 Å². The quantitative estimate of drug-likeness (QED) is 0.760. The van der Waals surface area contributed by atoms with E-state index < -0.39 is 0 Å². The fraction of sp³-hybridized carbons (Fsp3) is 0.667. The van der Waals surface area contributed by atoms with Gasteiger partial charge in [0, 0.05) is 30.9 Å². The van der Waals surface area contributed by atoms with Gasteiger partial charge in [-0.1, -0.05) is 13.8 Å². The van der Waals surface area contributed by atoms with Crippen LogP contribution in [-0.2, 0) is 0 Å². The molecule has 0 saturated carbocycles. The fourth-order valence-electron chi connectivity index (χ4n) is 2.33. The van der Waals surface area contributed by atoms with Crippen LogP contribution in [0.5, 0.6) is 0 Å². The lowest BCUT2D eigenvalue weighted by Crippen LogP contribution is -2.25. The largest absolute Gasteiger partial charge is 0.302 e. The van der Waals surface area contributed by atoms with Crippen molar-refractivity contribution in [3.05, 3.63) is 23.2 Å². The van der Waals surface area contributed by atoms with Crippen molar-refractivity contribution in [2.75, 3.05) is 19.6 Å². The molecular formula is C12H18ClN3. The van der Waals surface area contributed by atoms with Gasteiger partial charge in [-0.3, -0.25) is 0 Å². The molecule has 1 aliphatic heterocycles. The maximum absolute atomic E-state index is 5.81. The van der Waals surface area contributed by atoms with Crippen LogP contribution in [0.4, 0.5) is 0 Å². The Balaban J connectivity index is 1.98. The van der Waals surface area contributed by atoms with Crippen molar-refractivity contribution in [2.24, 2.45) is 5.92 Å². The summed E-state index contributed by atoms with van der Waals surface area (Å²) in [5.41, 5.74) is 1.09. The van der Waals surface area contributed by atoms with Crippen molar-refractivity contribution in [3.63, 3.8) is 0 Å². The Bertz CT molecular complexity index is 354. The van der Waals surface area contributed by atoms with Gasteiger partial charge in [0.2, 0.25) is 5.28 Å². The van der Waals surface area contributed by atoms with E-state index in [4.69, 9.17) is 11.6 Å². The first kappa shape index (κ1) is 11.8. The topological polar surface area (TPSA) is 29.0 Å². The van der Waals surface area contributed by atoms with Crippen molar-refractivity contribution < 1.29 is 0 Å². The second-order valence-corrected chi connectivity index (χ2v) is 5.23. The molecule has 0 amide bonds. The van der Waals surface area contributed by atoms with E-state index in [2.05, 4.69) is 28.7 Å². The van der Waals surface area contributed by atoms with Gasteiger partial charge in [0.25, 0.3) is 0 Å².